The molecular formula is C21H21N3O3. The first kappa shape index (κ1) is 17.2. The van der Waals surface area contributed by atoms with Crippen LogP contribution in [0.2, 0.25) is 0 Å². The number of hydrogen-bond donors (Lipinski definition) is 1. The van der Waals surface area contributed by atoms with Gasteiger partial charge in [-0.3, -0.25) is 0 Å². The minimum absolute atomic E-state index is 0.108. The molecule has 2 N–H and O–H groups in total. The van der Waals surface area contributed by atoms with Gasteiger partial charge in [-0.05, 0) is 45.0 Å². The van der Waals surface area contributed by atoms with Gasteiger partial charge in [-0.25, -0.2) is 9.98 Å². The van der Waals surface area contributed by atoms with E-state index >= 15 is 0 Å². The fourth-order valence-electron chi connectivity index (χ4n) is 3.16. The van der Waals surface area contributed by atoms with Crippen molar-refractivity contribution in [3.63, 3.8) is 0 Å². The van der Waals surface area contributed by atoms with E-state index in [1.54, 1.807) is 13.3 Å². The maximum Gasteiger partial charge on any atom is 0.283 e. The fraction of sp³-hybridized carbons (Fsp3) is 0.333. The number of nitrogens with zero attached hydrogens (tertiary/aromatic N) is 2. The molecule has 6 nitrogen and oxygen atoms in total. The van der Waals surface area contributed by atoms with Gasteiger partial charge < -0.3 is 19.9 Å². The van der Waals surface area contributed by atoms with E-state index in [9.17, 15) is 0 Å². The standard InChI is InChI=1S/C21H21N3O3/c1-20(2,3)8-7-13-9-16-18(23-11-13)27-17-6-5-14(25-4)10-15(17)21(16)12-26-19(22)24-21/h5-6,9-11H,12H2,1-4H3,(H2,22,24)/t21-/m1/s1. The zero-order chi connectivity index (χ0) is 19.2. The van der Waals surface area contributed by atoms with E-state index < -0.39 is 5.54 Å². The Hall–Kier alpha value is -3.20. The van der Waals surface area contributed by atoms with Crippen LogP contribution >= 0.6 is 0 Å². The van der Waals surface area contributed by atoms with Crippen LogP contribution in [0.25, 0.3) is 0 Å². The summed E-state index contributed by atoms with van der Waals surface area (Å²) in [5, 5.41) is 0. The summed E-state index contributed by atoms with van der Waals surface area (Å²) < 4.78 is 17.0. The minimum Gasteiger partial charge on any atom is -0.497 e. The van der Waals surface area contributed by atoms with E-state index in [0.29, 0.717) is 17.4 Å². The minimum atomic E-state index is -0.825. The maximum atomic E-state index is 6.02. The highest BCUT2D eigenvalue weighted by Gasteiger charge is 2.47. The number of nitrogens with two attached hydrogens (primary N) is 1. The lowest BCUT2D eigenvalue weighted by molar-refractivity contribution is 0.261. The van der Waals surface area contributed by atoms with E-state index in [0.717, 1.165) is 16.7 Å². The molecule has 0 unspecified atom stereocenters. The number of hydrogen-bond acceptors (Lipinski definition) is 6. The lowest BCUT2D eigenvalue weighted by Crippen LogP contribution is -2.31. The molecule has 1 aromatic carbocycles. The van der Waals surface area contributed by atoms with Gasteiger partial charge in [0.1, 0.15) is 18.1 Å². The lowest BCUT2D eigenvalue weighted by Gasteiger charge is -2.32. The first-order chi connectivity index (χ1) is 12.8. The largest absolute Gasteiger partial charge is 0.497 e. The molecule has 3 heterocycles. The molecule has 6 heteroatoms. The van der Waals surface area contributed by atoms with Gasteiger partial charge in [0.25, 0.3) is 6.02 Å². The normalized spacial score (nSPS) is 19.8. The van der Waals surface area contributed by atoms with Crippen LogP contribution in [0.1, 0.15) is 37.5 Å². The summed E-state index contributed by atoms with van der Waals surface area (Å²) in [6, 6.07) is 7.68. The Bertz CT molecular complexity index is 1010. The number of amidine groups is 1. The average molecular weight is 363 g/mol. The van der Waals surface area contributed by atoms with Crippen molar-refractivity contribution in [2.45, 2.75) is 26.3 Å². The predicted octanol–water partition coefficient (Wildman–Crippen LogP) is 3.18. The van der Waals surface area contributed by atoms with Crippen LogP contribution < -0.4 is 15.2 Å². The third-order valence-electron chi connectivity index (χ3n) is 4.45. The number of ether oxygens (including phenoxy) is 3. The molecule has 0 bridgehead atoms. The van der Waals surface area contributed by atoms with Crippen molar-refractivity contribution in [1.29, 1.82) is 0 Å². The van der Waals surface area contributed by atoms with Gasteiger partial charge in [-0.2, -0.15) is 0 Å². The fourth-order valence-corrected chi connectivity index (χ4v) is 3.16. The summed E-state index contributed by atoms with van der Waals surface area (Å²) in [7, 11) is 1.62. The molecule has 27 heavy (non-hydrogen) atoms. The van der Waals surface area contributed by atoms with Gasteiger partial charge in [0.05, 0.1) is 12.7 Å². The smallest absolute Gasteiger partial charge is 0.283 e. The number of benzene rings is 1. The third kappa shape index (κ3) is 2.95. The molecule has 0 aliphatic carbocycles. The maximum absolute atomic E-state index is 6.02. The molecule has 1 atom stereocenters. The van der Waals surface area contributed by atoms with Gasteiger partial charge in [0.15, 0.2) is 5.54 Å². The van der Waals surface area contributed by atoms with Crippen LogP contribution in [0.4, 0.5) is 0 Å². The molecule has 0 saturated carbocycles. The topological polar surface area (TPSA) is 79.0 Å². The number of methoxy groups -OCH3 is 1. The number of fused-ring (bicyclic) bond motifs is 4. The Kier molecular flexibility index (Phi) is 3.77. The Morgan fingerprint density at radius 2 is 2.04 bits per heavy atom. The van der Waals surface area contributed by atoms with Crippen molar-refractivity contribution in [3.05, 3.63) is 47.2 Å². The van der Waals surface area contributed by atoms with Gasteiger partial charge in [-0.1, -0.05) is 11.8 Å². The second-order valence-electron chi connectivity index (χ2n) is 7.64. The molecule has 2 aliphatic rings. The van der Waals surface area contributed by atoms with Crippen molar-refractivity contribution >= 4 is 6.02 Å². The molecule has 0 saturated heterocycles. The molecule has 2 aromatic rings. The van der Waals surface area contributed by atoms with Gasteiger partial charge in [-0.15, -0.1) is 0 Å². The van der Waals surface area contributed by atoms with Gasteiger partial charge >= 0.3 is 0 Å². The Labute approximate surface area is 158 Å². The van der Waals surface area contributed by atoms with Crippen molar-refractivity contribution < 1.29 is 14.2 Å². The van der Waals surface area contributed by atoms with E-state index in [1.807, 2.05) is 24.3 Å². The number of aromatic nitrogens is 1. The zero-order valence-corrected chi connectivity index (χ0v) is 15.8. The van der Waals surface area contributed by atoms with E-state index in [1.165, 1.54) is 0 Å². The Balaban J connectivity index is 1.91. The van der Waals surface area contributed by atoms with Gasteiger partial charge in [0, 0.05) is 22.7 Å². The molecule has 2 aliphatic heterocycles. The van der Waals surface area contributed by atoms with Crippen molar-refractivity contribution in [1.82, 2.24) is 4.98 Å². The molecular weight excluding hydrogens is 342 g/mol. The average Bonchev–Trinajstić information content (AvgIpc) is 3.02. The summed E-state index contributed by atoms with van der Waals surface area (Å²) in [5.74, 6) is 8.26. The second kappa shape index (κ2) is 5.92. The molecule has 1 aromatic heterocycles. The molecule has 0 amide bonds. The van der Waals surface area contributed by atoms with E-state index in [4.69, 9.17) is 19.9 Å². The lowest BCUT2D eigenvalue weighted by atomic mass is 9.82. The van der Waals surface area contributed by atoms with E-state index in [-0.39, 0.29) is 18.0 Å². The highest BCUT2D eigenvalue weighted by Crippen LogP contribution is 2.51. The molecule has 0 radical (unpaired) electrons. The first-order valence-electron chi connectivity index (χ1n) is 8.69. The van der Waals surface area contributed by atoms with Gasteiger partial charge in [0.2, 0.25) is 5.88 Å². The SMILES string of the molecule is COc1ccc2c(c1)[C@]1(COC(N)=N1)c1cc(C#CC(C)(C)C)cnc1O2. The van der Waals surface area contributed by atoms with Crippen LogP contribution in [0.3, 0.4) is 0 Å². The number of rotatable bonds is 1. The number of pyridine rings is 1. The molecule has 4 rings (SSSR count). The van der Waals surface area contributed by atoms with Crippen LogP contribution in [-0.4, -0.2) is 24.7 Å². The number of aliphatic imine (C=N–C) groups is 1. The molecule has 0 fully saturated rings. The summed E-state index contributed by atoms with van der Waals surface area (Å²) >= 11 is 0. The zero-order valence-electron chi connectivity index (χ0n) is 15.8. The highest BCUT2D eigenvalue weighted by molar-refractivity contribution is 5.76. The van der Waals surface area contributed by atoms with Crippen LogP contribution in [-0.2, 0) is 10.3 Å². The van der Waals surface area contributed by atoms with E-state index in [2.05, 4.69) is 42.6 Å². The van der Waals surface area contributed by atoms with Crippen molar-refractivity contribution in [2.75, 3.05) is 13.7 Å². The molecule has 138 valence electrons. The Morgan fingerprint density at radius 1 is 1.22 bits per heavy atom. The first-order valence-corrected chi connectivity index (χ1v) is 8.69. The third-order valence-corrected chi connectivity index (χ3v) is 4.45. The van der Waals surface area contributed by atoms with Crippen LogP contribution in [0.15, 0.2) is 35.5 Å². The van der Waals surface area contributed by atoms with Crippen LogP contribution in [0.5, 0.6) is 17.4 Å². The monoisotopic (exact) mass is 363 g/mol. The summed E-state index contributed by atoms with van der Waals surface area (Å²) in [6.45, 7) is 6.46. The Morgan fingerprint density at radius 3 is 2.70 bits per heavy atom. The summed E-state index contributed by atoms with van der Waals surface area (Å²) in [6.07, 6.45) is 1.71. The summed E-state index contributed by atoms with van der Waals surface area (Å²) in [4.78, 5) is 9.12. The van der Waals surface area contributed by atoms with Crippen molar-refractivity contribution in [3.8, 4) is 29.2 Å². The molecule has 1 spiro atoms. The van der Waals surface area contributed by atoms with Crippen molar-refractivity contribution in [2.24, 2.45) is 16.1 Å². The highest BCUT2D eigenvalue weighted by atomic mass is 16.5. The predicted molar refractivity (Wildman–Crippen MR) is 102 cm³/mol. The second-order valence-corrected chi connectivity index (χ2v) is 7.64. The quantitative estimate of drug-likeness (QED) is 0.787. The van der Waals surface area contributed by atoms with Crippen LogP contribution in [0, 0.1) is 17.3 Å². The summed E-state index contributed by atoms with van der Waals surface area (Å²) in [5.41, 5.74) is 7.36.